The number of hydrogen-bond donors (Lipinski definition) is 2. The van der Waals surface area contributed by atoms with E-state index in [4.69, 9.17) is 28.9 Å². The molecular weight excluding hydrogens is 273 g/mol. The van der Waals surface area contributed by atoms with Crippen LogP contribution >= 0.6 is 23.2 Å². The van der Waals surface area contributed by atoms with Gasteiger partial charge in [0.05, 0.1) is 10.6 Å². The van der Waals surface area contributed by atoms with E-state index in [2.05, 4.69) is 0 Å². The van der Waals surface area contributed by atoms with E-state index in [9.17, 15) is 9.90 Å². The second-order valence-electron chi connectivity index (χ2n) is 3.69. The van der Waals surface area contributed by atoms with E-state index < -0.39 is 5.78 Å². The summed E-state index contributed by atoms with van der Waals surface area (Å²) in [6, 6.07) is 9.02. The molecule has 0 spiro atoms. The highest BCUT2D eigenvalue weighted by molar-refractivity contribution is 6.37. The first kappa shape index (κ1) is 12.7. The van der Waals surface area contributed by atoms with Crippen molar-refractivity contribution in [3.05, 3.63) is 57.6 Å². The van der Waals surface area contributed by atoms with Gasteiger partial charge in [0.2, 0.25) is 0 Å². The molecule has 0 fully saturated rings. The molecule has 0 atom stereocenters. The van der Waals surface area contributed by atoms with Gasteiger partial charge in [0.1, 0.15) is 5.75 Å². The summed E-state index contributed by atoms with van der Waals surface area (Å²) in [7, 11) is 0. The molecule has 0 amide bonds. The molecule has 3 nitrogen and oxygen atoms in total. The average Bonchev–Trinajstić information content (AvgIpc) is 2.32. The van der Waals surface area contributed by atoms with Crippen LogP contribution in [0.25, 0.3) is 0 Å². The Morgan fingerprint density at radius 2 is 1.89 bits per heavy atom. The number of anilines is 1. The van der Waals surface area contributed by atoms with Gasteiger partial charge in [0, 0.05) is 16.3 Å². The molecule has 2 aromatic carbocycles. The fourth-order valence-electron chi connectivity index (χ4n) is 1.61. The summed E-state index contributed by atoms with van der Waals surface area (Å²) in [5.41, 5.74) is 6.12. The van der Waals surface area contributed by atoms with Crippen molar-refractivity contribution >= 4 is 34.7 Å². The van der Waals surface area contributed by atoms with E-state index in [1.54, 1.807) is 12.1 Å². The summed E-state index contributed by atoms with van der Waals surface area (Å²) in [5, 5.41) is 10.3. The summed E-state index contributed by atoms with van der Waals surface area (Å²) in [5.74, 6) is -0.644. The summed E-state index contributed by atoms with van der Waals surface area (Å²) >= 11 is 11.8. The molecule has 0 heterocycles. The Labute approximate surface area is 114 Å². The lowest BCUT2D eigenvalue weighted by molar-refractivity contribution is 0.103. The van der Waals surface area contributed by atoms with Crippen LogP contribution in [0, 0.1) is 0 Å². The predicted molar refractivity (Wildman–Crippen MR) is 72.4 cm³/mol. The first-order valence-electron chi connectivity index (χ1n) is 5.08. The zero-order valence-electron chi connectivity index (χ0n) is 9.15. The number of nitrogens with two attached hydrogens (primary N) is 1. The Morgan fingerprint density at radius 1 is 1.17 bits per heavy atom. The van der Waals surface area contributed by atoms with Crippen LogP contribution in [0.15, 0.2) is 36.4 Å². The maximum Gasteiger partial charge on any atom is 0.200 e. The minimum Gasteiger partial charge on any atom is -0.507 e. The fraction of sp³-hybridized carbons (Fsp3) is 0. The van der Waals surface area contributed by atoms with Gasteiger partial charge in [-0.05, 0) is 30.3 Å². The predicted octanol–water partition coefficient (Wildman–Crippen LogP) is 3.51. The van der Waals surface area contributed by atoms with Crippen LogP contribution in [0.5, 0.6) is 5.75 Å². The highest BCUT2D eigenvalue weighted by Crippen LogP contribution is 2.29. The van der Waals surface area contributed by atoms with Gasteiger partial charge in [0.15, 0.2) is 5.78 Å². The third-order valence-corrected chi connectivity index (χ3v) is 3.04. The van der Waals surface area contributed by atoms with Crippen molar-refractivity contribution in [1.29, 1.82) is 0 Å². The first-order chi connectivity index (χ1) is 8.50. The number of benzene rings is 2. The summed E-state index contributed by atoms with van der Waals surface area (Å²) in [4.78, 5) is 12.3. The number of phenols is 1. The maximum atomic E-state index is 12.3. The highest BCUT2D eigenvalue weighted by Gasteiger charge is 2.19. The lowest BCUT2D eigenvalue weighted by Crippen LogP contribution is -2.06. The normalized spacial score (nSPS) is 10.3. The third kappa shape index (κ3) is 2.28. The van der Waals surface area contributed by atoms with E-state index in [0.29, 0.717) is 5.02 Å². The van der Waals surface area contributed by atoms with Crippen LogP contribution in [0.3, 0.4) is 0 Å². The van der Waals surface area contributed by atoms with Gasteiger partial charge < -0.3 is 10.8 Å². The molecule has 18 heavy (non-hydrogen) atoms. The monoisotopic (exact) mass is 281 g/mol. The van der Waals surface area contributed by atoms with Crippen molar-refractivity contribution in [2.45, 2.75) is 0 Å². The van der Waals surface area contributed by atoms with Gasteiger partial charge in [-0.25, -0.2) is 0 Å². The van der Waals surface area contributed by atoms with Gasteiger partial charge in [-0.15, -0.1) is 0 Å². The van der Waals surface area contributed by atoms with E-state index in [0.717, 1.165) is 0 Å². The molecule has 0 radical (unpaired) electrons. The number of halogens is 2. The number of hydrogen-bond acceptors (Lipinski definition) is 3. The van der Waals surface area contributed by atoms with Crippen molar-refractivity contribution in [1.82, 2.24) is 0 Å². The molecule has 0 aliphatic heterocycles. The summed E-state index contributed by atoms with van der Waals surface area (Å²) in [6.07, 6.45) is 0. The van der Waals surface area contributed by atoms with Crippen LogP contribution in [-0.2, 0) is 0 Å². The number of nitrogen functional groups attached to an aromatic ring is 1. The lowest BCUT2D eigenvalue weighted by Gasteiger charge is -2.08. The smallest absolute Gasteiger partial charge is 0.200 e. The number of aromatic hydroxyl groups is 1. The molecular formula is C13H9Cl2NO2. The maximum absolute atomic E-state index is 12.3. The SMILES string of the molecule is Nc1cccc(O)c1C(=O)c1cc(Cl)ccc1Cl. The Bertz CT molecular complexity index is 606. The molecule has 0 saturated carbocycles. The van der Waals surface area contributed by atoms with E-state index in [1.165, 1.54) is 24.3 Å². The largest absolute Gasteiger partial charge is 0.507 e. The van der Waals surface area contributed by atoms with Crippen LogP contribution in [-0.4, -0.2) is 10.9 Å². The Balaban J connectivity index is 2.58. The number of ketones is 1. The highest BCUT2D eigenvalue weighted by atomic mass is 35.5. The van der Waals surface area contributed by atoms with Crippen LogP contribution in [0.1, 0.15) is 15.9 Å². The third-order valence-electron chi connectivity index (χ3n) is 2.47. The summed E-state index contributed by atoms with van der Waals surface area (Å²) < 4.78 is 0. The van der Waals surface area contributed by atoms with Gasteiger partial charge in [0.25, 0.3) is 0 Å². The molecule has 0 aromatic heterocycles. The van der Waals surface area contributed by atoms with Crippen molar-refractivity contribution in [2.24, 2.45) is 0 Å². The molecule has 0 aliphatic rings. The fourth-order valence-corrected chi connectivity index (χ4v) is 1.99. The molecule has 2 aromatic rings. The number of carbonyl (C=O) groups excluding carboxylic acids is 1. The Morgan fingerprint density at radius 3 is 2.56 bits per heavy atom. The van der Waals surface area contributed by atoms with Crippen LogP contribution in [0.4, 0.5) is 5.69 Å². The van der Waals surface area contributed by atoms with Gasteiger partial charge in [-0.3, -0.25) is 4.79 Å². The van der Waals surface area contributed by atoms with E-state index >= 15 is 0 Å². The minimum atomic E-state index is -0.460. The lowest BCUT2D eigenvalue weighted by atomic mass is 10.0. The van der Waals surface area contributed by atoms with Gasteiger partial charge >= 0.3 is 0 Å². The number of phenolic OH excluding ortho intramolecular Hbond substituents is 1. The Kier molecular flexibility index (Phi) is 3.45. The zero-order valence-corrected chi connectivity index (χ0v) is 10.7. The molecule has 92 valence electrons. The molecule has 2 rings (SSSR count). The van der Waals surface area contributed by atoms with Crippen LogP contribution in [0.2, 0.25) is 10.0 Å². The first-order valence-corrected chi connectivity index (χ1v) is 5.83. The second kappa shape index (κ2) is 4.88. The zero-order chi connectivity index (χ0) is 13.3. The second-order valence-corrected chi connectivity index (χ2v) is 4.54. The molecule has 0 unspecified atom stereocenters. The van der Waals surface area contributed by atoms with E-state index in [1.807, 2.05) is 0 Å². The van der Waals surface area contributed by atoms with Crippen molar-refractivity contribution in [3.63, 3.8) is 0 Å². The minimum absolute atomic E-state index is 0.0293. The van der Waals surface area contributed by atoms with Gasteiger partial charge in [-0.1, -0.05) is 29.3 Å². The van der Waals surface area contributed by atoms with Crippen molar-refractivity contribution < 1.29 is 9.90 Å². The quantitative estimate of drug-likeness (QED) is 0.654. The topological polar surface area (TPSA) is 63.3 Å². The number of carbonyl (C=O) groups is 1. The molecule has 5 heteroatoms. The van der Waals surface area contributed by atoms with Crippen molar-refractivity contribution in [3.8, 4) is 5.75 Å². The van der Waals surface area contributed by atoms with E-state index in [-0.39, 0.29) is 27.6 Å². The van der Waals surface area contributed by atoms with Gasteiger partial charge in [-0.2, -0.15) is 0 Å². The summed E-state index contributed by atoms with van der Waals surface area (Å²) in [6.45, 7) is 0. The molecule has 3 N–H and O–H groups in total. The average molecular weight is 282 g/mol. The molecule has 0 aliphatic carbocycles. The number of rotatable bonds is 2. The van der Waals surface area contributed by atoms with Crippen LogP contribution < -0.4 is 5.73 Å². The Hall–Kier alpha value is -1.71. The standard InChI is InChI=1S/C13H9Cl2NO2/c14-7-4-5-9(15)8(6-7)13(18)12-10(16)2-1-3-11(12)17/h1-6,17H,16H2. The molecule has 0 bridgehead atoms. The molecule has 0 saturated heterocycles. The van der Waals surface area contributed by atoms with Crippen molar-refractivity contribution in [2.75, 3.05) is 5.73 Å².